The Morgan fingerprint density at radius 3 is 2.94 bits per heavy atom. The highest BCUT2D eigenvalue weighted by Crippen LogP contribution is 2.19. The van der Waals surface area contributed by atoms with Crippen molar-refractivity contribution in [1.82, 2.24) is 25.5 Å². The third-order valence-electron chi connectivity index (χ3n) is 2.91. The molecule has 0 amide bonds. The molecular formula is C12H19N5S. The summed E-state index contributed by atoms with van der Waals surface area (Å²) in [6.07, 6.45) is 0.967. The van der Waals surface area contributed by atoms with E-state index in [0.717, 1.165) is 18.8 Å². The van der Waals surface area contributed by atoms with E-state index in [0.29, 0.717) is 0 Å². The van der Waals surface area contributed by atoms with Crippen LogP contribution in [0.5, 0.6) is 0 Å². The van der Waals surface area contributed by atoms with Crippen LogP contribution in [0.1, 0.15) is 43.6 Å². The van der Waals surface area contributed by atoms with Crippen LogP contribution in [0.15, 0.2) is 17.5 Å². The number of nitrogens with zero attached hydrogens (tertiary/aromatic N) is 4. The maximum absolute atomic E-state index is 4.13. The lowest BCUT2D eigenvalue weighted by Gasteiger charge is -2.16. The molecule has 0 spiro atoms. The van der Waals surface area contributed by atoms with Gasteiger partial charge >= 0.3 is 0 Å². The topological polar surface area (TPSA) is 55.6 Å². The van der Waals surface area contributed by atoms with Crippen molar-refractivity contribution in [3.05, 3.63) is 28.2 Å². The van der Waals surface area contributed by atoms with Gasteiger partial charge in [0.15, 0.2) is 5.82 Å². The molecule has 1 N–H and O–H groups in total. The first-order chi connectivity index (χ1) is 8.72. The van der Waals surface area contributed by atoms with Gasteiger partial charge in [-0.3, -0.25) is 0 Å². The molecule has 0 aliphatic rings. The molecule has 6 heteroatoms. The van der Waals surface area contributed by atoms with Crippen molar-refractivity contribution >= 4 is 11.3 Å². The van der Waals surface area contributed by atoms with Crippen LogP contribution in [0.4, 0.5) is 0 Å². The van der Waals surface area contributed by atoms with Gasteiger partial charge in [0.05, 0.1) is 12.1 Å². The predicted molar refractivity (Wildman–Crippen MR) is 72.6 cm³/mol. The van der Waals surface area contributed by atoms with Gasteiger partial charge in [0, 0.05) is 11.3 Å². The average molecular weight is 265 g/mol. The predicted octanol–water partition coefficient (Wildman–Crippen LogP) is 2.21. The zero-order chi connectivity index (χ0) is 13.0. The van der Waals surface area contributed by atoms with Gasteiger partial charge in [0.2, 0.25) is 0 Å². The highest BCUT2D eigenvalue weighted by molar-refractivity contribution is 7.09. The van der Waals surface area contributed by atoms with Gasteiger partial charge < -0.3 is 5.32 Å². The lowest BCUT2D eigenvalue weighted by molar-refractivity contribution is 0.430. The fourth-order valence-corrected chi connectivity index (χ4v) is 2.83. The van der Waals surface area contributed by atoms with Crippen molar-refractivity contribution in [3.63, 3.8) is 0 Å². The molecule has 0 fully saturated rings. The Bertz CT molecular complexity index is 465. The highest BCUT2D eigenvalue weighted by atomic mass is 32.1. The fraction of sp³-hybridized carbons (Fsp3) is 0.583. The van der Waals surface area contributed by atoms with Crippen molar-refractivity contribution < 1.29 is 0 Å². The van der Waals surface area contributed by atoms with E-state index in [2.05, 4.69) is 59.1 Å². The maximum atomic E-state index is 4.13. The van der Waals surface area contributed by atoms with Crippen LogP contribution in [0, 0.1) is 0 Å². The van der Waals surface area contributed by atoms with Crippen LogP contribution < -0.4 is 5.32 Å². The number of hydrogen-bond donors (Lipinski definition) is 1. The molecule has 2 aromatic heterocycles. The zero-order valence-electron chi connectivity index (χ0n) is 11.0. The normalized spacial score (nSPS) is 14.6. The minimum Gasteiger partial charge on any atom is -0.308 e. The lowest BCUT2D eigenvalue weighted by atomic mass is 10.2. The molecule has 2 heterocycles. The molecule has 0 aliphatic carbocycles. The number of rotatable bonds is 6. The van der Waals surface area contributed by atoms with Crippen LogP contribution >= 0.6 is 11.3 Å². The number of hydrogen-bond acceptors (Lipinski definition) is 5. The van der Waals surface area contributed by atoms with Gasteiger partial charge in [-0.1, -0.05) is 13.0 Å². The number of tetrazole rings is 1. The summed E-state index contributed by atoms with van der Waals surface area (Å²) < 4.78 is 1.92. The molecule has 2 rings (SSSR count). The smallest absolute Gasteiger partial charge is 0.168 e. The quantitative estimate of drug-likeness (QED) is 0.870. The van der Waals surface area contributed by atoms with Crippen LogP contribution in [0.3, 0.4) is 0 Å². The molecule has 98 valence electrons. The number of nitrogens with one attached hydrogen (secondary N) is 1. The Kier molecular flexibility index (Phi) is 4.43. The van der Waals surface area contributed by atoms with Crippen molar-refractivity contribution in [2.75, 3.05) is 6.54 Å². The molecule has 2 unspecified atom stereocenters. The molecule has 0 aliphatic heterocycles. The summed E-state index contributed by atoms with van der Waals surface area (Å²) in [7, 11) is 0. The van der Waals surface area contributed by atoms with Gasteiger partial charge in [-0.15, -0.1) is 16.4 Å². The zero-order valence-corrected chi connectivity index (χ0v) is 11.8. The van der Waals surface area contributed by atoms with Crippen molar-refractivity contribution in [1.29, 1.82) is 0 Å². The Labute approximate surface area is 111 Å². The standard InChI is InChI=1S/C12H19N5S/c1-4-13-10(3)12-14-15-16-17(12)9(2)8-11-6-5-7-18-11/h5-7,9-10,13H,4,8H2,1-3H3. The van der Waals surface area contributed by atoms with Crippen molar-refractivity contribution in [2.24, 2.45) is 0 Å². The van der Waals surface area contributed by atoms with E-state index in [1.54, 1.807) is 11.3 Å². The third kappa shape index (κ3) is 2.94. The summed E-state index contributed by atoms with van der Waals surface area (Å²) in [5.41, 5.74) is 0. The Balaban J connectivity index is 2.10. The molecule has 0 aromatic carbocycles. The molecule has 5 nitrogen and oxygen atoms in total. The van der Waals surface area contributed by atoms with Crippen LogP contribution in [-0.4, -0.2) is 26.8 Å². The first-order valence-electron chi connectivity index (χ1n) is 6.26. The van der Waals surface area contributed by atoms with E-state index >= 15 is 0 Å². The number of aromatic nitrogens is 4. The summed E-state index contributed by atoms with van der Waals surface area (Å²) in [4.78, 5) is 1.36. The van der Waals surface area contributed by atoms with Gasteiger partial charge in [0.1, 0.15) is 0 Å². The first kappa shape index (κ1) is 13.2. The number of thiophene rings is 1. The van der Waals surface area contributed by atoms with E-state index in [1.165, 1.54) is 4.88 Å². The molecule has 0 saturated heterocycles. The summed E-state index contributed by atoms with van der Waals surface area (Å²) >= 11 is 1.78. The summed E-state index contributed by atoms with van der Waals surface area (Å²) in [6, 6.07) is 4.68. The fourth-order valence-electron chi connectivity index (χ4n) is 2.00. The highest BCUT2D eigenvalue weighted by Gasteiger charge is 2.18. The average Bonchev–Trinajstić information content (AvgIpc) is 2.99. The van der Waals surface area contributed by atoms with Gasteiger partial charge in [-0.05, 0) is 42.3 Å². The SMILES string of the molecule is CCNC(C)c1nnnn1C(C)Cc1cccs1. The van der Waals surface area contributed by atoms with Crippen LogP contribution in [0.25, 0.3) is 0 Å². The molecular weight excluding hydrogens is 246 g/mol. The van der Waals surface area contributed by atoms with E-state index in [1.807, 2.05) is 4.68 Å². The second-order valence-corrected chi connectivity index (χ2v) is 5.43. The minimum atomic E-state index is 0.177. The maximum Gasteiger partial charge on any atom is 0.168 e. The Morgan fingerprint density at radius 2 is 2.28 bits per heavy atom. The molecule has 2 aromatic rings. The second-order valence-electron chi connectivity index (χ2n) is 4.39. The summed E-state index contributed by atoms with van der Waals surface area (Å²) in [5.74, 6) is 0.904. The Morgan fingerprint density at radius 1 is 1.44 bits per heavy atom. The second kappa shape index (κ2) is 6.06. The first-order valence-corrected chi connectivity index (χ1v) is 7.13. The minimum absolute atomic E-state index is 0.177. The van der Waals surface area contributed by atoms with Gasteiger partial charge in [-0.25, -0.2) is 4.68 Å². The molecule has 18 heavy (non-hydrogen) atoms. The molecule has 0 saturated carbocycles. The largest absolute Gasteiger partial charge is 0.308 e. The Hall–Kier alpha value is -1.27. The van der Waals surface area contributed by atoms with Crippen LogP contribution in [0.2, 0.25) is 0 Å². The summed E-state index contributed by atoms with van der Waals surface area (Å²) in [6.45, 7) is 7.23. The van der Waals surface area contributed by atoms with Gasteiger partial charge in [0.25, 0.3) is 0 Å². The molecule has 0 bridgehead atoms. The van der Waals surface area contributed by atoms with Crippen molar-refractivity contribution in [2.45, 2.75) is 39.3 Å². The molecule has 2 atom stereocenters. The van der Waals surface area contributed by atoms with E-state index in [-0.39, 0.29) is 12.1 Å². The van der Waals surface area contributed by atoms with Crippen molar-refractivity contribution in [3.8, 4) is 0 Å². The van der Waals surface area contributed by atoms with Crippen LogP contribution in [-0.2, 0) is 6.42 Å². The van der Waals surface area contributed by atoms with Gasteiger partial charge in [-0.2, -0.15) is 0 Å². The molecule has 0 radical (unpaired) electrons. The van der Waals surface area contributed by atoms with E-state index < -0.39 is 0 Å². The lowest BCUT2D eigenvalue weighted by Crippen LogP contribution is -2.24. The third-order valence-corrected chi connectivity index (χ3v) is 3.81. The van der Waals surface area contributed by atoms with E-state index in [4.69, 9.17) is 0 Å². The summed E-state index contributed by atoms with van der Waals surface area (Å²) in [5, 5.41) is 17.5. The van der Waals surface area contributed by atoms with E-state index in [9.17, 15) is 0 Å². The monoisotopic (exact) mass is 265 g/mol.